The van der Waals surface area contributed by atoms with Gasteiger partial charge in [0.2, 0.25) is 0 Å². The Morgan fingerprint density at radius 1 is 1.05 bits per heavy atom. The lowest BCUT2D eigenvalue weighted by Gasteiger charge is -2.24. The summed E-state index contributed by atoms with van der Waals surface area (Å²) < 4.78 is 18.6. The number of ether oxygens (including phenoxy) is 3. The van der Waals surface area contributed by atoms with Crippen molar-refractivity contribution in [3.63, 3.8) is 0 Å². The highest BCUT2D eigenvalue weighted by atomic mass is 35.5. The third-order valence-electron chi connectivity index (χ3n) is 6.57. The minimum Gasteiger partial charge on any atom is -0.490 e. The van der Waals surface area contributed by atoms with E-state index in [0.717, 1.165) is 5.56 Å². The van der Waals surface area contributed by atoms with Crippen molar-refractivity contribution in [1.82, 2.24) is 4.57 Å². The fourth-order valence-corrected chi connectivity index (χ4v) is 5.94. The van der Waals surface area contributed by atoms with Crippen molar-refractivity contribution in [2.75, 3.05) is 25.6 Å². The first kappa shape index (κ1) is 29.8. The maximum atomic E-state index is 13.8. The van der Waals surface area contributed by atoms with E-state index < -0.39 is 12.0 Å². The molecule has 1 N–H and O–H groups in total. The minimum atomic E-state index is -0.681. The molecule has 0 saturated carbocycles. The molecule has 1 aromatic heterocycles. The van der Waals surface area contributed by atoms with Crippen molar-refractivity contribution in [2.24, 2.45) is 4.99 Å². The van der Waals surface area contributed by atoms with E-state index in [1.54, 1.807) is 55.5 Å². The summed E-state index contributed by atoms with van der Waals surface area (Å²) in [6.45, 7) is 3.70. The molecule has 11 heteroatoms. The molecule has 1 atom stereocenters. The lowest BCUT2D eigenvalue weighted by atomic mass is 9.96. The van der Waals surface area contributed by atoms with Gasteiger partial charge < -0.3 is 19.5 Å². The summed E-state index contributed by atoms with van der Waals surface area (Å²) in [5, 5.41) is 3.25. The molecular formula is C32H28ClN3O6S. The van der Waals surface area contributed by atoms with Gasteiger partial charge in [-0.05, 0) is 61.4 Å². The third-order valence-corrected chi connectivity index (χ3v) is 7.79. The van der Waals surface area contributed by atoms with Crippen molar-refractivity contribution in [3.8, 4) is 11.5 Å². The van der Waals surface area contributed by atoms with E-state index in [-0.39, 0.29) is 18.1 Å². The Hall–Kier alpha value is -4.67. The fourth-order valence-electron chi connectivity index (χ4n) is 4.70. The second-order valence-electron chi connectivity index (χ2n) is 9.47. The van der Waals surface area contributed by atoms with Gasteiger partial charge in [-0.15, -0.1) is 0 Å². The van der Waals surface area contributed by atoms with E-state index in [1.807, 2.05) is 37.3 Å². The highest BCUT2D eigenvalue weighted by molar-refractivity contribution is 7.07. The van der Waals surface area contributed by atoms with Gasteiger partial charge in [0.25, 0.3) is 11.5 Å². The normalized spacial score (nSPS) is 14.5. The van der Waals surface area contributed by atoms with E-state index in [2.05, 4.69) is 10.3 Å². The summed E-state index contributed by atoms with van der Waals surface area (Å²) in [7, 11) is 1.31. The predicted octanol–water partition coefficient (Wildman–Crippen LogP) is 4.48. The van der Waals surface area contributed by atoms with Crippen LogP contribution in [0.2, 0.25) is 5.02 Å². The number of fused-ring (bicyclic) bond motifs is 1. The number of rotatable bonds is 9. The van der Waals surface area contributed by atoms with Gasteiger partial charge in [-0.3, -0.25) is 14.2 Å². The molecule has 0 saturated heterocycles. The molecule has 0 spiro atoms. The van der Waals surface area contributed by atoms with Crippen LogP contribution in [0.4, 0.5) is 5.69 Å². The van der Waals surface area contributed by atoms with Crippen molar-refractivity contribution in [3.05, 3.63) is 120 Å². The molecule has 2 heterocycles. The molecule has 1 unspecified atom stereocenters. The van der Waals surface area contributed by atoms with Gasteiger partial charge in [-0.25, -0.2) is 9.79 Å². The summed E-state index contributed by atoms with van der Waals surface area (Å²) in [6.07, 6.45) is 1.74. The number of aromatic nitrogens is 1. The number of allylic oxidation sites excluding steroid dienone is 1. The minimum absolute atomic E-state index is 0.244. The Morgan fingerprint density at radius 2 is 1.84 bits per heavy atom. The van der Waals surface area contributed by atoms with Crippen LogP contribution in [-0.2, 0) is 14.3 Å². The summed E-state index contributed by atoms with van der Waals surface area (Å²) in [5.74, 6) is -0.0956. The molecule has 1 amide bonds. The summed E-state index contributed by atoms with van der Waals surface area (Å²) in [6, 6.07) is 20.7. The van der Waals surface area contributed by atoms with Crippen molar-refractivity contribution in [1.29, 1.82) is 0 Å². The number of nitrogens with one attached hydrogen (secondary N) is 1. The van der Waals surface area contributed by atoms with Crippen molar-refractivity contribution in [2.45, 2.75) is 19.9 Å². The Kier molecular flexibility index (Phi) is 9.08. The smallest absolute Gasteiger partial charge is 0.338 e. The zero-order chi connectivity index (χ0) is 30.5. The largest absolute Gasteiger partial charge is 0.490 e. The van der Waals surface area contributed by atoms with Crippen LogP contribution in [0.15, 0.2) is 93.9 Å². The van der Waals surface area contributed by atoms with Gasteiger partial charge >= 0.3 is 5.97 Å². The first-order valence-electron chi connectivity index (χ1n) is 13.4. The molecule has 43 heavy (non-hydrogen) atoms. The quantitative estimate of drug-likeness (QED) is 0.278. The molecular weight excluding hydrogens is 590 g/mol. The number of halogens is 1. The molecule has 0 radical (unpaired) electrons. The first-order valence-corrected chi connectivity index (χ1v) is 14.6. The average molecular weight is 618 g/mol. The number of hydrogen-bond acceptors (Lipinski definition) is 8. The number of thiazole rings is 1. The number of anilines is 1. The molecule has 4 aromatic rings. The van der Waals surface area contributed by atoms with E-state index in [0.29, 0.717) is 55.0 Å². The highest BCUT2D eigenvalue weighted by Crippen LogP contribution is 2.31. The van der Waals surface area contributed by atoms with E-state index >= 15 is 0 Å². The fraction of sp³-hybridized carbons (Fsp3) is 0.188. The Balaban J connectivity index is 1.46. The van der Waals surface area contributed by atoms with Gasteiger partial charge in [-0.2, -0.15) is 0 Å². The molecule has 0 bridgehead atoms. The van der Waals surface area contributed by atoms with Crippen LogP contribution < -0.4 is 29.7 Å². The Morgan fingerprint density at radius 3 is 2.56 bits per heavy atom. The van der Waals surface area contributed by atoms with Crippen LogP contribution >= 0.6 is 22.9 Å². The number of carbonyl (C=O) groups is 2. The van der Waals surface area contributed by atoms with Crippen LogP contribution in [0.3, 0.4) is 0 Å². The van der Waals surface area contributed by atoms with Gasteiger partial charge in [0.05, 0.1) is 35.6 Å². The zero-order valence-electron chi connectivity index (χ0n) is 23.6. The first-order chi connectivity index (χ1) is 20.8. The summed E-state index contributed by atoms with van der Waals surface area (Å²) in [4.78, 5) is 44.1. The average Bonchev–Trinajstić information content (AvgIpc) is 3.30. The van der Waals surface area contributed by atoms with E-state index in [4.69, 9.17) is 25.8 Å². The zero-order valence-corrected chi connectivity index (χ0v) is 25.2. The molecule has 220 valence electrons. The highest BCUT2D eigenvalue weighted by Gasteiger charge is 2.32. The van der Waals surface area contributed by atoms with Crippen LogP contribution in [0.1, 0.15) is 31.0 Å². The number of hydrogen-bond donors (Lipinski definition) is 1. The molecule has 1 aliphatic rings. The summed E-state index contributed by atoms with van der Waals surface area (Å²) >= 11 is 7.21. The monoisotopic (exact) mass is 617 g/mol. The number of methoxy groups -OCH3 is 1. The van der Waals surface area contributed by atoms with Crippen LogP contribution in [-0.4, -0.2) is 36.8 Å². The maximum absolute atomic E-state index is 13.8. The topological polar surface area (TPSA) is 108 Å². The van der Waals surface area contributed by atoms with Gasteiger partial charge in [-0.1, -0.05) is 65.4 Å². The van der Waals surface area contributed by atoms with E-state index in [1.165, 1.54) is 23.0 Å². The Labute approximate surface area is 256 Å². The third kappa shape index (κ3) is 6.55. The number of nitrogens with zero attached hydrogens (tertiary/aromatic N) is 2. The van der Waals surface area contributed by atoms with Crippen molar-refractivity contribution < 1.29 is 23.8 Å². The van der Waals surface area contributed by atoms with Crippen LogP contribution in [0.25, 0.3) is 6.08 Å². The molecule has 5 rings (SSSR count). The molecule has 0 fully saturated rings. The van der Waals surface area contributed by atoms with Gasteiger partial charge in [0.15, 0.2) is 22.9 Å². The van der Waals surface area contributed by atoms with Gasteiger partial charge in [0, 0.05) is 10.7 Å². The number of benzene rings is 3. The van der Waals surface area contributed by atoms with Crippen LogP contribution in [0, 0.1) is 0 Å². The second-order valence-corrected chi connectivity index (χ2v) is 10.9. The molecule has 3 aromatic carbocycles. The van der Waals surface area contributed by atoms with Gasteiger partial charge in [0.1, 0.15) is 0 Å². The second kappa shape index (κ2) is 13.1. The molecule has 9 nitrogen and oxygen atoms in total. The summed E-state index contributed by atoms with van der Waals surface area (Å²) in [5.41, 5.74) is 2.53. The van der Waals surface area contributed by atoms with Crippen molar-refractivity contribution >= 4 is 46.6 Å². The Bertz CT molecular complexity index is 1900. The number of amides is 1. The molecule has 1 aliphatic heterocycles. The predicted molar refractivity (Wildman–Crippen MR) is 165 cm³/mol. The number of carbonyl (C=O) groups excluding carboxylic acids is 2. The SMILES string of the molecule is CCOc1cc(C=c2sc3n(c2=O)C(c2ccccc2)C(C(=O)OC)=C(C)N=3)ccc1OCC(=O)Nc1cccc(Cl)c1. The lowest BCUT2D eigenvalue weighted by Crippen LogP contribution is -2.39. The van der Waals surface area contributed by atoms with E-state index in [9.17, 15) is 14.4 Å². The lowest BCUT2D eigenvalue weighted by molar-refractivity contribution is -0.136. The molecule has 0 aliphatic carbocycles. The maximum Gasteiger partial charge on any atom is 0.338 e. The number of esters is 1. The standard InChI is InChI=1S/C32H28ClN3O6S/c1-4-41-25-15-20(13-14-24(25)42-18-27(37)35-23-12-8-11-22(33)17-23)16-26-30(38)36-29(21-9-6-5-7-10-21)28(31(39)40-3)19(2)34-32(36)43-26/h5-17,29H,4,18H2,1-3H3,(H,35,37). The van der Waals surface area contributed by atoms with Crippen LogP contribution in [0.5, 0.6) is 11.5 Å².